The minimum absolute atomic E-state index is 0.131. The molecule has 0 saturated heterocycles. The van der Waals surface area contributed by atoms with E-state index >= 15 is 0 Å². The summed E-state index contributed by atoms with van der Waals surface area (Å²) in [6.45, 7) is 0. The highest BCUT2D eigenvalue weighted by atomic mass is 32.2. The van der Waals surface area contributed by atoms with Crippen LogP contribution in [0.15, 0.2) is 58.9 Å². The van der Waals surface area contributed by atoms with Gasteiger partial charge in [0, 0.05) is 24.3 Å². The molecule has 5 rings (SSSR count). The van der Waals surface area contributed by atoms with E-state index in [1.165, 1.54) is 4.90 Å². The van der Waals surface area contributed by atoms with Crippen LogP contribution < -0.4 is 10.5 Å². The van der Waals surface area contributed by atoms with Crippen LogP contribution in [0.4, 0.5) is 0 Å². The summed E-state index contributed by atoms with van der Waals surface area (Å²) in [7, 11) is 1.66. The van der Waals surface area contributed by atoms with Gasteiger partial charge in [-0.2, -0.15) is 5.26 Å². The van der Waals surface area contributed by atoms with Gasteiger partial charge in [0.05, 0.1) is 11.6 Å². The van der Waals surface area contributed by atoms with Crippen LogP contribution in [0, 0.1) is 11.3 Å². The van der Waals surface area contributed by atoms with E-state index in [-0.39, 0.29) is 23.2 Å². The molecule has 2 aromatic carbocycles. The summed E-state index contributed by atoms with van der Waals surface area (Å²) >= 11 is 1.73. The standard InChI is InChI=1S/C23H20N4O2S/c1-27-21(28)23(26-22(27)25)12-19(20-6-3-9-30-20)29-18-8-7-16(11-17(18)23)15-5-2-4-14(10-15)13-24/h2-5,7-11,19-20H,6,12H2,1H3,(H2,25,26)/t19-,20?,23+/m1/s1. The lowest BCUT2D eigenvalue weighted by Gasteiger charge is -2.38. The summed E-state index contributed by atoms with van der Waals surface area (Å²) in [5, 5.41) is 11.6. The molecule has 0 radical (unpaired) electrons. The predicted molar refractivity (Wildman–Crippen MR) is 117 cm³/mol. The third-order valence-corrected chi connectivity index (χ3v) is 7.16. The van der Waals surface area contributed by atoms with E-state index in [4.69, 9.17) is 10.5 Å². The summed E-state index contributed by atoms with van der Waals surface area (Å²) in [5.41, 5.74) is 8.12. The average Bonchev–Trinajstić information content (AvgIpc) is 3.38. The Morgan fingerprint density at radius 1 is 1.30 bits per heavy atom. The smallest absolute Gasteiger partial charge is 0.261 e. The Morgan fingerprint density at radius 2 is 2.13 bits per heavy atom. The molecule has 2 N–H and O–H groups in total. The third-order valence-electron chi connectivity index (χ3n) is 5.97. The molecule has 7 heteroatoms. The molecule has 0 fully saturated rings. The van der Waals surface area contributed by atoms with Crippen LogP contribution in [0.1, 0.15) is 24.0 Å². The van der Waals surface area contributed by atoms with Gasteiger partial charge in [-0.1, -0.05) is 24.3 Å². The van der Waals surface area contributed by atoms with Gasteiger partial charge in [-0.05, 0) is 47.2 Å². The highest BCUT2D eigenvalue weighted by Crippen LogP contribution is 2.49. The maximum atomic E-state index is 13.4. The number of thioether (sulfide) groups is 1. The molecule has 3 aliphatic heterocycles. The lowest BCUT2D eigenvalue weighted by atomic mass is 9.79. The van der Waals surface area contributed by atoms with Gasteiger partial charge >= 0.3 is 0 Å². The van der Waals surface area contributed by atoms with Crippen molar-refractivity contribution in [1.82, 2.24) is 4.90 Å². The summed E-state index contributed by atoms with van der Waals surface area (Å²) in [6.07, 6.45) is 3.34. The van der Waals surface area contributed by atoms with Gasteiger partial charge in [0.15, 0.2) is 11.5 Å². The van der Waals surface area contributed by atoms with Crippen molar-refractivity contribution < 1.29 is 9.53 Å². The Morgan fingerprint density at radius 3 is 2.83 bits per heavy atom. The SMILES string of the molecule is CN1C(=O)[C@@]2(C[C@H](C3CC=CS3)Oc3ccc(-c4cccc(C#N)c4)cc32)N=C1N. The largest absolute Gasteiger partial charge is 0.489 e. The topological polar surface area (TPSA) is 91.7 Å². The third kappa shape index (κ3) is 2.79. The number of fused-ring (bicyclic) bond motifs is 2. The van der Waals surface area contributed by atoms with Crippen LogP contribution in [0.2, 0.25) is 0 Å². The van der Waals surface area contributed by atoms with Crippen molar-refractivity contribution >= 4 is 23.6 Å². The number of nitrogens with two attached hydrogens (primary N) is 1. The minimum atomic E-state index is -1.08. The molecular formula is C23H20N4O2S. The lowest BCUT2D eigenvalue weighted by Crippen LogP contribution is -2.47. The summed E-state index contributed by atoms with van der Waals surface area (Å²) in [4.78, 5) is 19.5. The van der Waals surface area contributed by atoms with Crippen molar-refractivity contribution in [2.24, 2.45) is 10.7 Å². The first-order valence-corrected chi connectivity index (χ1v) is 10.7. The second-order valence-electron chi connectivity index (χ2n) is 7.74. The van der Waals surface area contributed by atoms with Gasteiger partial charge in [0.25, 0.3) is 5.91 Å². The van der Waals surface area contributed by atoms with Crippen LogP contribution in [0.5, 0.6) is 5.75 Å². The van der Waals surface area contributed by atoms with E-state index in [9.17, 15) is 10.1 Å². The molecule has 150 valence electrons. The number of aliphatic imine (C=N–C) groups is 1. The highest BCUT2D eigenvalue weighted by Gasteiger charge is 2.54. The van der Waals surface area contributed by atoms with Crippen molar-refractivity contribution in [1.29, 1.82) is 5.26 Å². The van der Waals surface area contributed by atoms with Crippen molar-refractivity contribution in [3.63, 3.8) is 0 Å². The fourth-order valence-corrected chi connectivity index (χ4v) is 5.34. The second-order valence-corrected chi connectivity index (χ2v) is 8.89. The Hall–Kier alpha value is -3.24. The van der Waals surface area contributed by atoms with E-state index in [1.807, 2.05) is 36.4 Å². The number of carbonyl (C=O) groups is 1. The van der Waals surface area contributed by atoms with Crippen molar-refractivity contribution in [3.05, 3.63) is 65.1 Å². The summed E-state index contributed by atoms with van der Waals surface area (Å²) in [6, 6.07) is 15.4. The molecule has 0 bridgehead atoms. The number of ether oxygens (including phenoxy) is 1. The number of likely N-dealkylation sites (N-methyl/N-ethyl adjacent to an activating group) is 1. The van der Waals surface area contributed by atoms with E-state index < -0.39 is 5.54 Å². The molecule has 3 atom stereocenters. The van der Waals surface area contributed by atoms with Crippen LogP contribution >= 0.6 is 11.8 Å². The normalized spacial score (nSPS) is 27.0. The molecule has 1 amide bonds. The number of nitriles is 1. The highest BCUT2D eigenvalue weighted by molar-refractivity contribution is 8.03. The van der Waals surface area contributed by atoms with E-state index in [1.54, 1.807) is 24.9 Å². The number of nitrogens with zero attached hydrogens (tertiary/aromatic N) is 3. The van der Waals surface area contributed by atoms with Gasteiger partial charge in [0.2, 0.25) is 0 Å². The molecule has 0 aromatic heterocycles. The Bertz CT molecular complexity index is 1140. The molecule has 1 unspecified atom stereocenters. The minimum Gasteiger partial charge on any atom is -0.489 e. The molecule has 1 spiro atoms. The molecule has 3 aliphatic rings. The molecule has 2 aromatic rings. The van der Waals surface area contributed by atoms with Gasteiger partial charge in [-0.25, -0.2) is 4.99 Å². The Balaban J connectivity index is 1.64. The molecular weight excluding hydrogens is 396 g/mol. The maximum Gasteiger partial charge on any atom is 0.261 e. The van der Waals surface area contributed by atoms with Crippen molar-refractivity contribution in [3.8, 4) is 22.9 Å². The van der Waals surface area contributed by atoms with Crippen LogP contribution in [-0.2, 0) is 10.3 Å². The van der Waals surface area contributed by atoms with Crippen LogP contribution in [0.25, 0.3) is 11.1 Å². The number of hydrogen-bond acceptors (Lipinski definition) is 6. The number of hydrogen-bond donors (Lipinski definition) is 1. The number of benzene rings is 2. The fraction of sp³-hybridized carbons (Fsp3) is 0.261. The molecule has 6 nitrogen and oxygen atoms in total. The number of rotatable bonds is 2. The molecule has 0 saturated carbocycles. The first-order valence-electron chi connectivity index (χ1n) is 9.77. The first-order chi connectivity index (χ1) is 14.5. The summed E-state index contributed by atoms with van der Waals surface area (Å²) in [5.74, 6) is 0.758. The van der Waals surface area contributed by atoms with Crippen LogP contribution in [0.3, 0.4) is 0 Å². The zero-order valence-electron chi connectivity index (χ0n) is 16.4. The fourth-order valence-electron chi connectivity index (χ4n) is 4.37. The Kier molecular flexibility index (Phi) is 4.33. The number of guanidine groups is 1. The number of amides is 1. The zero-order chi connectivity index (χ0) is 20.9. The van der Waals surface area contributed by atoms with Gasteiger partial charge in [-0.3, -0.25) is 9.69 Å². The molecule has 30 heavy (non-hydrogen) atoms. The zero-order valence-corrected chi connectivity index (χ0v) is 17.2. The maximum absolute atomic E-state index is 13.4. The lowest BCUT2D eigenvalue weighted by molar-refractivity contribution is -0.132. The number of allylic oxidation sites excluding steroid dienone is 1. The predicted octanol–water partition coefficient (Wildman–Crippen LogP) is 3.38. The summed E-state index contributed by atoms with van der Waals surface area (Å²) < 4.78 is 6.36. The quantitative estimate of drug-likeness (QED) is 0.810. The van der Waals surface area contributed by atoms with E-state index in [2.05, 4.69) is 22.5 Å². The van der Waals surface area contributed by atoms with Crippen molar-refractivity contribution in [2.45, 2.75) is 29.7 Å². The van der Waals surface area contributed by atoms with Gasteiger partial charge in [0.1, 0.15) is 11.9 Å². The van der Waals surface area contributed by atoms with Crippen LogP contribution in [-0.4, -0.2) is 35.2 Å². The Labute approximate surface area is 179 Å². The molecule has 3 heterocycles. The second kappa shape index (κ2) is 6.92. The van der Waals surface area contributed by atoms with Gasteiger partial charge in [-0.15, -0.1) is 11.8 Å². The monoisotopic (exact) mass is 416 g/mol. The van der Waals surface area contributed by atoms with E-state index in [0.29, 0.717) is 17.7 Å². The van der Waals surface area contributed by atoms with Crippen molar-refractivity contribution in [2.75, 3.05) is 7.05 Å². The average molecular weight is 417 g/mol. The first kappa shape index (κ1) is 18.8. The number of carbonyl (C=O) groups excluding carboxylic acids is 1. The molecule has 0 aliphatic carbocycles. The van der Waals surface area contributed by atoms with E-state index in [0.717, 1.165) is 23.1 Å². The van der Waals surface area contributed by atoms with Gasteiger partial charge < -0.3 is 10.5 Å².